The van der Waals surface area contributed by atoms with E-state index in [1.165, 1.54) is 33.2 Å². The van der Waals surface area contributed by atoms with Gasteiger partial charge in [-0.15, -0.1) is 0 Å². The topological polar surface area (TPSA) is 51.8 Å². The molecule has 0 spiro atoms. The lowest BCUT2D eigenvalue weighted by Gasteiger charge is -2.27. The third-order valence-electron chi connectivity index (χ3n) is 8.93. The summed E-state index contributed by atoms with van der Waals surface area (Å²) in [6.45, 7) is 19.7. The van der Waals surface area contributed by atoms with Crippen molar-refractivity contribution in [3.8, 4) is 34.1 Å². The van der Waals surface area contributed by atoms with Crippen LogP contribution in [0.25, 0.3) is 55.0 Å². The summed E-state index contributed by atoms with van der Waals surface area (Å²) in [7, 11) is 2.14. The van der Waals surface area contributed by atoms with Crippen molar-refractivity contribution in [3.63, 3.8) is 0 Å². The minimum absolute atomic E-state index is 0.196. The van der Waals surface area contributed by atoms with Gasteiger partial charge in [0.05, 0.1) is 10.9 Å². The van der Waals surface area contributed by atoms with Crippen LogP contribution in [0.4, 0.5) is 0 Å². The molecule has 0 amide bonds. The summed E-state index contributed by atoms with van der Waals surface area (Å²) >= 11 is 0. The average Bonchev–Trinajstić information content (AvgIpc) is 2.96. The molecular weight excluding hydrogens is 540 g/mol. The van der Waals surface area contributed by atoms with Crippen LogP contribution in [-0.2, 0) is 17.9 Å². The molecule has 5 heteroatoms. The van der Waals surface area contributed by atoms with E-state index in [-0.39, 0.29) is 10.8 Å². The maximum atomic E-state index is 6.97. The minimum atomic E-state index is -0.196. The molecule has 5 nitrogen and oxygen atoms in total. The molecule has 222 valence electrons. The fourth-order valence-electron chi connectivity index (χ4n) is 6.63. The van der Waals surface area contributed by atoms with Crippen molar-refractivity contribution >= 4 is 32.3 Å². The average molecular weight is 582 g/mol. The van der Waals surface area contributed by atoms with Crippen molar-refractivity contribution in [2.45, 2.75) is 79.1 Å². The van der Waals surface area contributed by atoms with E-state index in [9.17, 15) is 0 Å². The third kappa shape index (κ3) is 4.28. The van der Waals surface area contributed by atoms with Gasteiger partial charge in [0.25, 0.3) is 0 Å². The van der Waals surface area contributed by atoms with Crippen molar-refractivity contribution in [2.24, 2.45) is 7.05 Å². The van der Waals surface area contributed by atoms with Gasteiger partial charge < -0.3 is 4.74 Å². The van der Waals surface area contributed by atoms with Gasteiger partial charge in [-0.05, 0) is 52.1 Å². The van der Waals surface area contributed by atoms with Crippen molar-refractivity contribution in [1.82, 2.24) is 15.0 Å². The van der Waals surface area contributed by atoms with Crippen molar-refractivity contribution in [1.29, 1.82) is 0 Å². The van der Waals surface area contributed by atoms with Crippen LogP contribution < -0.4 is 9.30 Å². The maximum absolute atomic E-state index is 6.97. The van der Waals surface area contributed by atoms with Crippen LogP contribution in [0.5, 0.6) is 11.5 Å². The molecule has 0 N–H and O–H groups in total. The number of hydrogen-bond donors (Lipinski definition) is 0. The predicted octanol–water partition coefficient (Wildman–Crippen LogP) is 9.62. The van der Waals surface area contributed by atoms with Crippen LogP contribution >= 0.6 is 0 Å². The van der Waals surface area contributed by atoms with Gasteiger partial charge in [0.2, 0.25) is 5.69 Å². The molecule has 0 atom stereocenters. The quantitative estimate of drug-likeness (QED) is 0.151. The van der Waals surface area contributed by atoms with E-state index in [0.29, 0.717) is 11.7 Å². The summed E-state index contributed by atoms with van der Waals surface area (Å²) in [4.78, 5) is 14.9. The van der Waals surface area contributed by atoms with Crippen LogP contribution in [0.15, 0.2) is 60.8 Å². The van der Waals surface area contributed by atoms with Crippen LogP contribution in [0.2, 0.25) is 0 Å². The Morgan fingerprint density at radius 2 is 1.41 bits per heavy atom. The van der Waals surface area contributed by atoms with Gasteiger partial charge in [-0.2, -0.15) is 0 Å². The molecule has 1 aliphatic rings. The first-order chi connectivity index (χ1) is 20.7. The zero-order chi connectivity index (χ0) is 31.3. The lowest BCUT2D eigenvalue weighted by atomic mass is 9.85. The molecule has 0 aliphatic carbocycles. The van der Waals surface area contributed by atoms with Crippen molar-refractivity contribution in [3.05, 3.63) is 83.6 Å². The molecule has 6 aromatic rings. The molecule has 2 aromatic heterocycles. The predicted molar refractivity (Wildman–Crippen MR) is 181 cm³/mol. The fraction of sp³-hybridized carbons (Fsp3) is 0.333. The van der Waals surface area contributed by atoms with Gasteiger partial charge in [-0.1, -0.05) is 91.8 Å². The second-order valence-electron chi connectivity index (χ2n) is 14.7. The Kier molecular flexibility index (Phi) is 6.17. The lowest BCUT2D eigenvalue weighted by Crippen LogP contribution is -2.32. The number of benzene rings is 4. The van der Waals surface area contributed by atoms with Crippen molar-refractivity contribution < 1.29 is 9.30 Å². The highest BCUT2D eigenvalue weighted by Gasteiger charge is 2.34. The second-order valence-corrected chi connectivity index (χ2v) is 14.7. The first-order valence-electron chi connectivity index (χ1n) is 15.6. The molecule has 0 unspecified atom stereocenters. The summed E-state index contributed by atoms with van der Waals surface area (Å²) < 4.78 is 9.22. The van der Waals surface area contributed by atoms with E-state index in [1.54, 1.807) is 0 Å². The van der Waals surface area contributed by atoms with Gasteiger partial charge >= 0.3 is 0 Å². The molecule has 3 heterocycles. The van der Waals surface area contributed by atoms with E-state index in [0.717, 1.165) is 50.3 Å². The fourth-order valence-corrected chi connectivity index (χ4v) is 6.63. The summed E-state index contributed by atoms with van der Waals surface area (Å²) in [5.74, 6) is 4.53. The Hall–Kier alpha value is -4.38. The molecule has 44 heavy (non-hydrogen) atoms. The number of nitrogens with zero attached hydrogens (tertiary/aromatic N) is 4. The number of fused-ring (bicyclic) bond motifs is 5. The van der Waals surface area contributed by atoms with E-state index < -0.39 is 0 Å². The second kappa shape index (κ2) is 9.56. The molecule has 7 rings (SSSR count). The molecule has 0 bridgehead atoms. The van der Waals surface area contributed by atoms with Gasteiger partial charge in [0.15, 0.2) is 12.0 Å². The van der Waals surface area contributed by atoms with Crippen LogP contribution in [0.3, 0.4) is 0 Å². The molecule has 0 fully saturated rings. The lowest BCUT2D eigenvalue weighted by molar-refractivity contribution is -0.659. The first kappa shape index (κ1) is 28.4. The minimum Gasteiger partial charge on any atom is -0.455 e. The molecule has 1 aliphatic heterocycles. The Balaban J connectivity index is 1.53. The van der Waals surface area contributed by atoms with E-state index in [2.05, 4.69) is 135 Å². The zero-order valence-electron chi connectivity index (χ0n) is 27.5. The number of ether oxygens (including phenoxy) is 1. The smallest absolute Gasteiger partial charge is 0.228 e. The Morgan fingerprint density at radius 3 is 2.05 bits per heavy atom. The van der Waals surface area contributed by atoms with Crippen LogP contribution in [0, 0.1) is 6.92 Å². The summed E-state index contributed by atoms with van der Waals surface area (Å²) in [6.07, 6.45) is 2.19. The number of aromatic nitrogens is 4. The van der Waals surface area contributed by atoms with Gasteiger partial charge in [-0.3, -0.25) is 0 Å². The highest BCUT2D eigenvalue weighted by Crippen LogP contribution is 2.53. The monoisotopic (exact) mass is 581 g/mol. The summed E-state index contributed by atoms with van der Waals surface area (Å²) in [5.41, 5.74) is 5.49. The van der Waals surface area contributed by atoms with E-state index >= 15 is 0 Å². The highest BCUT2D eigenvalue weighted by atomic mass is 16.5. The number of pyridine rings is 1. The molecule has 0 saturated heterocycles. The normalized spacial score (nSPS) is 13.2. The van der Waals surface area contributed by atoms with Gasteiger partial charge in [0.1, 0.15) is 30.2 Å². The largest absolute Gasteiger partial charge is 0.455 e. The zero-order valence-corrected chi connectivity index (χ0v) is 27.5. The molecule has 0 radical (unpaired) electrons. The van der Waals surface area contributed by atoms with E-state index in [1.807, 2.05) is 0 Å². The Morgan fingerprint density at radius 1 is 0.750 bits per heavy atom. The van der Waals surface area contributed by atoms with Crippen LogP contribution in [-0.4, -0.2) is 15.0 Å². The molecular formula is C39H41N4O+. The Bertz CT molecular complexity index is 2130. The van der Waals surface area contributed by atoms with Gasteiger partial charge in [0, 0.05) is 33.4 Å². The Labute approximate surface area is 260 Å². The highest BCUT2D eigenvalue weighted by molar-refractivity contribution is 6.16. The SMILES string of the molecule is Cc1c2c(c(C(C)C)c3ccccc13)Oc1cc3ccc(-c4nc(C(C)(C)C)nc(C(C)(C)C)n4)cc3c3cc[n+](C)c-2c13. The molecule has 0 saturated carbocycles. The number of aryl methyl sites for hydroxylation is 2. The third-order valence-corrected chi connectivity index (χ3v) is 8.93. The standard InChI is InChI=1S/C39H41N4O/c1-21(2)30-26-14-12-11-13-25(26)22(3)31-33-32-27(17-18-43(33)10)28-19-24(16-15-23(28)20-29(32)44-34(30)31)35-40-36(38(4,5)6)42-37(41-35)39(7,8)9/h11-21H,1-10H3/q+1. The first-order valence-corrected chi connectivity index (χ1v) is 15.6. The summed E-state index contributed by atoms with van der Waals surface area (Å²) in [6, 6.07) is 19.7. The summed E-state index contributed by atoms with van der Waals surface area (Å²) in [5, 5.41) is 7.14. The van der Waals surface area contributed by atoms with Crippen molar-refractivity contribution in [2.75, 3.05) is 0 Å². The van der Waals surface area contributed by atoms with Gasteiger partial charge in [-0.25, -0.2) is 19.5 Å². The number of rotatable bonds is 2. The van der Waals surface area contributed by atoms with Crippen LogP contribution in [0.1, 0.15) is 84.1 Å². The molecule has 4 aromatic carbocycles. The van der Waals surface area contributed by atoms with E-state index in [4.69, 9.17) is 19.7 Å². The number of hydrogen-bond acceptors (Lipinski definition) is 4. The maximum Gasteiger partial charge on any atom is 0.228 e.